The van der Waals surface area contributed by atoms with Crippen LogP contribution >= 0.6 is 0 Å². The molecule has 2 N–H and O–H groups in total. The first-order valence-electron chi connectivity index (χ1n) is 11.5. The van der Waals surface area contributed by atoms with Gasteiger partial charge in [-0.15, -0.1) is 0 Å². The average molecular weight is 473 g/mol. The largest absolute Gasteiger partial charge is 0.478 e. The minimum absolute atomic E-state index is 0.0527. The van der Waals surface area contributed by atoms with Crippen molar-refractivity contribution in [2.24, 2.45) is 5.92 Å². The average Bonchev–Trinajstić information content (AvgIpc) is 3.28. The molecule has 0 saturated carbocycles. The molecule has 2 aliphatic heterocycles. The minimum atomic E-state index is -3.92. The van der Waals surface area contributed by atoms with Crippen LogP contribution in [0.4, 0.5) is 11.5 Å². The Kier molecular flexibility index (Phi) is 6.90. The first-order chi connectivity index (χ1) is 15.7. The molecule has 0 bridgehead atoms. The van der Waals surface area contributed by atoms with Gasteiger partial charge in [0.05, 0.1) is 16.1 Å². The minimum Gasteiger partial charge on any atom is -0.478 e. The van der Waals surface area contributed by atoms with E-state index in [-0.39, 0.29) is 16.1 Å². The molecule has 0 unspecified atom stereocenters. The number of nitrogens with one attached hydrogen (secondary N) is 1. The number of pyridine rings is 1. The molecule has 33 heavy (non-hydrogen) atoms. The van der Waals surface area contributed by atoms with Crippen LogP contribution in [-0.4, -0.2) is 62.1 Å². The summed E-state index contributed by atoms with van der Waals surface area (Å²) in [5.41, 5.74) is 1.61. The van der Waals surface area contributed by atoms with Gasteiger partial charge in [0.2, 0.25) is 0 Å². The summed E-state index contributed by atoms with van der Waals surface area (Å²) < 4.78 is 29.2. The molecule has 1 atom stereocenters. The summed E-state index contributed by atoms with van der Waals surface area (Å²) in [5, 5.41) is 9.47. The smallest absolute Gasteiger partial charge is 0.337 e. The summed E-state index contributed by atoms with van der Waals surface area (Å²) in [6.07, 6.45) is 5.92. The number of carboxylic acid groups (broad SMARTS) is 1. The van der Waals surface area contributed by atoms with E-state index in [0.717, 1.165) is 51.1 Å². The van der Waals surface area contributed by atoms with Crippen LogP contribution in [0.3, 0.4) is 0 Å². The van der Waals surface area contributed by atoms with Gasteiger partial charge in [-0.25, -0.2) is 18.2 Å². The topological polar surface area (TPSA) is 103 Å². The van der Waals surface area contributed by atoms with Crippen LogP contribution in [0.15, 0.2) is 35.4 Å². The SMILES string of the molecule is Cc1ccc(C)c(S(=O)(=O)Nc2cc(C(=O)O)cnc2N2CCC[C@H](CN3CCCC3)C2)c1. The van der Waals surface area contributed by atoms with E-state index in [1.54, 1.807) is 19.1 Å². The van der Waals surface area contributed by atoms with E-state index in [0.29, 0.717) is 17.3 Å². The lowest BCUT2D eigenvalue weighted by Gasteiger charge is -2.36. The highest BCUT2D eigenvalue weighted by Gasteiger charge is 2.28. The third-order valence-corrected chi connectivity index (χ3v) is 8.03. The Morgan fingerprint density at radius 1 is 1.15 bits per heavy atom. The standard InChI is InChI=1S/C24H32N4O4S/c1-17-7-8-18(2)22(12-17)33(31,32)26-21-13-20(24(29)30)14-25-23(21)28-11-5-6-19(16-28)15-27-9-3-4-10-27/h7-8,12-14,19,26H,3-6,9-11,15-16H2,1-2H3,(H,29,30)/t19-/m1/s1. The first kappa shape index (κ1) is 23.5. The molecule has 2 aliphatic rings. The highest BCUT2D eigenvalue weighted by molar-refractivity contribution is 7.92. The molecule has 0 radical (unpaired) electrons. The van der Waals surface area contributed by atoms with Crippen molar-refractivity contribution in [3.05, 3.63) is 47.2 Å². The number of benzene rings is 1. The zero-order chi connectivity index (χ0) is 23.6. The molecule has 0 spiro atoms. The van der Waals surface area contributed by atoms with Gasteiger partial charge in [-0.1, -0.05) is 12.1 Å². The Hall–Kier alpha value is -2.65. The van der Waals surface area contributed by atoms with Gasteiger partial charge in [-0.05, 0) is 81.8 Å². The van der Waals surface area contributed by atoms with Crippen LogP contribution in [0.5, 0.6) is 0 Å². The van der Waals surface area contributed by atoms with Gasteiger partial charge in [0.15, 0.2) is 5.82 Å². The lowest BCUT2D eigenvalue weighted by molar-refractivity contribution is 0.0696. The second-order valence-corrected chi connectivity index (χ2v) is 10.9. The third-order valence-electron chi connectivity index (χ3n) is 6.52. The van der Waals surface area contributed by atoms with Crippen molar-refractivity contribution in [2.45, 2.75) is 44.4 Å². The fourth-order valence-corrected chi connectivity index (χ4v) is 6.22. The van der Waals surface area contributed by atoms with E-state index in [1.807, 2.05) is 13.0 Å². The van der Waals surface area contributed by atoms with Crippen molar-refractivity contribution in [3.8, 4) is 0 Å². The number of hydrogen-bond donors (Lipinski definition) is 2. The van der Waals surface area contributed by atoms with Crippen molar-refractivity contribution in [2.75, 3.05) is 42.3 Å². The van der Waals surface area contributed by atoms with Crippen LogP contribution in [0.1, 0.15) is 47.2 Å². The maximum atomic E-state index is 13.3. The van der Waals surface area contributed by atoms with E-state index in [1.165, 1.54) is 25.1 Å². The first-order valence-corrected chi connectivity index (χ1v) is 13.0. The predicted molar refractivity (Wildman–Crippen MR) is 129 cm³/mol. The highest BCUT2D eigenvalue weighted by Crippen LogP contribution is 2.32. The quantitative estimate of drug-likeness (QED) is 0.636. The fraction of sp³-hybridized carbons (Fsp3) is 0.500. The molecule has 4 rings (SSSR count). The molecule has 9 heteroatoms. The van der Waals surface area contributed by atoms with E-state index < -0.39 is 16.0 Å². The second-order valence-electron chi connectivity index (χ2n) is 9.24. The van der Waals surface area contributed by atoms with E-state index in [2.05, 4.69) is 19.5 Å². The number of nitrogens with zero attached hydrogens (tertiary/aromatic N) is 3. The lowest BCUT2D eigenvalue weighted by atomic mass is 9.97. The van der Waals surface area contributed by atoms with Crippen molar-refractivity contribution in [1.82, 2.24) is 9.88 Å². The predicted octanol–water partition coefficient (Wildman–Crippen LogP) is 3.51. The number of rotatable bonds is 7. The monoisotopic (exact) mass is 472 g/mol. The van der Waals surface area contributed by atoms with Crippen molar-refractivity contribution < 1.29 is 18.3 Å². The Morgan fingerprint density at radius 2 is 1.91 bits per heavy atom. The zero-order valence-corrected chi connectivity index (χ0v) is 20.1. The van der Waals surface area contributed by atoms with E-state index >= 15 is 0 Å². The normalized spacial score (nSPS) is 19.6. The van der Waals surface area contributed by atoms with Gasteiger partial charge < -0.3 is 14.9 Å². The van der Waals surface area contributed by atoms with Crippen LogP contribution in [0.2, 0.25) is 0 Å². The molecule has 2 saturated heterocycles. The molecule has 0 aliphatic carbocycles. The molecule has 8 nitrogen and oxygen atoms in total. The number of aromatic nitrogens is 1. The summed E-state index contributed by atoms with van der Waals surface area (Å²) in [4.78, 5) is 20.8. The third kappa shape index (κ3) is 5.47. The van der Waals surface area contributed by atoms with Gasteiger partial charge in [-0.2, -0.15) is 0 Å². The van der Waals surface area contributed by atoms with Crippen LogP contribution < -0.4 is 9.62 Å². The zero-order valence-electron chi connectivity index (χ0n) is 19.2. The fourth-order valence-electron chi connectivity index (χ4n) is 4.83. The summed E-state index contributed by atoms with van der Waals surface area (Å²) in [5.74, 6) is -0.187. The number of aromatic carboxylic acids is 1. The summed E-state index contributed by atoms with van der Waals surface area (Å²) >= 11 is 0. The number of aryl methyl sites for hydroxylation is 2. The molecular weight excluding hydrogens is 440 g/mol. The number of hydrogen-bond acceptors (Lipinski definition) is 6. The van der Waals surface area contributed by atoms with Crippen LogP contribution in [0.25, 0.3) is 0 Å². The summed E-state index contributed by atoms with van der Waals surface area (Å²) in [7, 11) is -3.92. The van der Waals surface area contributed by atoms with Crippen molar-refractivity contribution >= 4 is 27.5 Å². The molecule has 1 aromatic carbocycles. The second kappa shape index (κ2) is 9.69. The molecular formula is C24H32N4O4S. The molecule has 2 aromatic rings. The van der Waals surface area contributed by atoms with Crippen LogP contribution in [0, 0.1) is 19.8 Å². The Labute approximate surface area is 195 Å². The molecule has 0 amide bonds. The highest BCUT2D eigenvalue weighted by atomic mass is 32.2. The van der Waals surface area contributed by atoms with Gasteiger partial charge in [0.25, 0.3) is 10.0 Å². The molecule has 3 heterocycles. The van der Waals surface area contributed by atoms with Gasteiger partial charge in [-0.3, -0.25) is 4.72 Å². The van der Waals surface area contributed by atoms with Crippen molar-refractivity contribution in [3.63, 3.8) is 0 Å². The van der Waals surface area contributed by atoms with Gasteiger partial charge in [0.1, 0.15) is 0 Å². The van der Waals surface area contributed by atoms with Crippen LogP contribution in [-0.2, 0) is 10.0 Å². The summed E-state index contributed by atoms with van der Waals surface area (Å²) in [6.45, 7) is 8.43. The maximum Gasteiger partial charge on any atom is 0.337 e. The molecule has 178 valence electrons. The number of likely N-dealkylation sites (tertiary alicyclic amines) is 1. The van der Waals surface area contributed by atoms with Gasteiger partial charge >= 0.3 is 5.97 Å². The number of sulfonamides is 1. The van der Waals surface area contributed by atoms with Crippen molar-refractivity contribution in [1.29, 1.82) is 0 Å². The Balaban J connectivity index is 1.63. The van der Waals surface area contributed by atoms with E-state index in [4.69, 9.17) is 0 Å². The number of piperidine rings is 1. The van der Waals surface area contributed by atoms with E-state index in [9.17, 15) is 18.3 Å². The lowest BCUT2D eigenvalue weighted by Crippen LogP contribution is -2.41. The molecule has 1 aromatic heterocycles. The Morgan fingerprint density at radius 3 is 2.64 bits per heavy atom. The molecule has 2 fully saturated rings. The number of carboxylic acids is 1. The maximum absolute atomic E-state index is 13.3. The number of anilines is 2. The van der Waals surface area contributed by atoms with Gasteiger partial charge in [0, 0.05) is 25.8 Å². The Bertz CT molecular complexity index is 1130. The number of carbonyl (C=O) groups is 1. The summed E-state index contributed by atoms with van der Waals surface area (Å²) in [6, 6.07) is 6.63.